The fourth-order valence-electron chi connectivity index (χ4n) is 1.58. The Hall–Kier alpha value is -2.01. The number of rotatable bonds is 5. The van der Waals surface area contributed by atoms with E-state index in [0.717, 1.165) is 24.2 Å². The summed E-state index contributed by atoms with van der Waals surface area (Å²) in [5.41, 5.74) is 7.51. The summed E-state index contributed by atoms with van der Waals surface area (Å²) in [7, 11) is 0. The maximum absolute atomic E-state index is 5.91. The molecule has 0 saturated heterocycles. The number of anilines is 1. The topological polar surface area (TPSA) is 76.7 Å². The van der Waals surface area contributed by atoms with Crippen molar-refractivity contribution in [3.05, 3.63) is 36.8 Å². The molecule has 2 heterocycles. The minimum absolute atomic E-state index is 0.180. The van der Waals surface area contributed by atoms with Gasteiger partial charge in [0.15, 0.2) is 0 Å². The zero-order valence-corrected chi connectivity index (χ0v) is 11.3. The summed E-state index contributed by atoms with van der Waals surface area (Å²) >= 11 is 0. The molecule has 100 valence electrons. The van der Waals surface area contributed by atoms with Crippen LogP contribution in [0.3, 0.4) is 0 Å². The molecule has 0 saturated carbocycles. The number of nitrogens with zero attached hydrogens (tertiary/aromatic N) is 3. The number of hydrogen-bond donors (Lipinski definition) is 2. The summed E-state index contributed by atoms with van der Waals surface area (Å²) in [6.45, 7) is 4.76. The van der Waals surface area contributed by atoms with Gasteiger partial charge in [-0.05, 0) is 32.4 Å². The van der Waals surface area contributed by atoms with E-state index in [-0.39, 0.29) is 5.54 Å². The van der Waals surface area contributed by atoms with E-state index in [0.29, 0.717) is 5.95 Å². The molecule has 0 amide bonds. The molecule has 0 aromatic carbocycles. The Morgan fingerprint density at radius 1 is 1.16 bits per heavy atom. The molecule has 0 aliphatic heterocycles. The lowest BCUT2D eigenvalue weighted by Gasteiger charge is -2.18. The minimum atomic E-state index is -0.180. The van der Waals surface area contributed by atoms with Crippen LogP contribution in [-0.2, 0) is 0 Å². The molecule has 0 spiro atoms. The van der Waals surface area contributed by atoms with Gasteiger partial charge in [-0.25, -0.2) is 9.97 Å². The van der Waals surface area contributed by atoms with Crippen LogP contribution in [0, 0.1) is 0 Å². The van der Waals surface area contributed by atoms with E-state index in [1.165, 1.54) is 0 Å². The van der Waals surface area contributed by atoms with Crippen molar-refractivity contribution in [1.82, 2.24) is 15.0 Å². The summed E-state index contributed by atoms with van der Waals surface area (Å²) < 4.78 is 0. The second-order valence-electron chi connectivity index (χ2n) is 5.18. The Bertz CT molecular complexity index is 502. The van der Waals surface area contributed by atoms with Crippen LogP contribution in [0.15, 0.2) is 36.8 Å². The highest BCUT2D eigenvalue weighted by Gasteiger charge is 2.09. The van der Waals surface area contributed by atoms with Crippen LogP contribution in [-0.4, -0.2) is 27.0 Å². The van der Waals surface area contributed by atoms with Crippen LogP contribution in [0.25, 0.3) is 11.3 Å². The van der Waals surface area contributed by atoms with Crippen molar-refractivity contribution in [3.8, 4) is 11.3 Å². The van der Waals surface area contributed by atoms with Crippen molar-refractivity contribution in [2.75, 3.05) is 11.9 Å². The lowest BCUT2D eigenvalue weighted by molar-refractivity contribution is 0.490. The molecule has 0 aliphatic carbocycles. The standard InChI is InChI=1S/C14H19N5/c1-14(2,15)6-8-17-13-18-9-11(10-19-13)12-5-3-4-7-16-12/h3-5,7,9-10H,6,8,15H2,1-2H3,(H,17,18,19). The highest BCUT2D eigenvalue weighted by atomic mass is 15.1. The van der Waals surface area contributed by atoms with Gasteiger partial charge < -0.3 is 11.1 Å². The predicted molar refractivity (Wildman–Crippen MR) is 76.6 cm³/mol. The lowest BCUT2D eigenvalue weighted by Crippen LogP contribution is -2.34. The smallest absolute Gasteiger partial charge is 0.222 e. The first kappa shape index (κ1) is 13.4. The van der Waals surface area contributed by atoms with Gasteiger partial charge in [-0.15, -0.1) is 0 Å². The molecule has 3 N–H and O–H groups in total. The largest absolute Gasteiger partial charge is 0.354 e. The zero-order valence-electron chi connectivity index (χ0n) is 11.3. The van der Waals surface area contributed by atoms with Crippen molar-refractivity contribution >= 4 is 5.95 Å². The third kappa shape index (κ3) is 4.30. The lowest BCUT2D eigenvalue weighted by atomic mass is 10.0. The number of aromatic nitrogens is 3. The first-order valence-electron chi connectivity index (χ1n) is 6.31. The molecule has 5 heteroatoms. The molecule has 0 bridgehead atoms. The van der Waals surface area contributed by atoms with Crippen LogP contribution in [0.5, 0.6) is 0 Å². The van der Waals surface area contributed by atoms with Crippen LogP contribution in [0.4, 0.5) is 5.95 Å². The van der Waals surface area contributed by atoms with E-state index >= 15 is 0 Å². The molecule has 0 atom stereocenters. The van der Waals surface area contributed by atoms with E-state index in [1.807, 2.05) is 32.0 Å². The van der Waals surface area contributed by atoms with Gasteiger partial charge in [0.1, 0.15) is 0 Å². The number of pyridine rings is 1. The first-order chi connectivity index (χ1) is 9.04. The Kier molecular flexibility index (Phi) is 4.06. The minimum Gasteiger partial charge on any atom is -0.354 e. The first-order valence-corrected chi connectivity index (χ1v) is 6.31. The van der Waals surface area contributed by atoms with Crippen molar-refractivity contribution in [1.29, 1.82) is 0 Å². The summed E-state index contributed by atoms with van der Waals surface area (Å²) in [5.74, 6) is 0.615. The molecule has 0 radical (unpaired) electrons. The fourth-order valence-corrected chi connectivity index (χ4v) is 1.58. The normalized spacial score (nSPS) is 11.3. The summed E-state index contributed by atoms with van der Waals surface area (Å²) in [6, 6.07) is 5.76. The zero-order chi connectivity index (χ0) is 13.7. The van der Waals surface area contributed by atoms with Crippen molar-refractivity contribution in [2.45, 2.75) is 25.8 Å². The second-order valence-corrected chi connectivity index (χ2v) is 5.18. The molecular formula is C14H19N5. The molecule has 0 unspecified atom stereocenters. The Labute approximate surface area is 113 Å². The van der Waals surface area contributed by atoms with E-state index in [4.69, 9.17) is 5.73 Å². The fraction of sp³-hybridized carbons (Fsp3) is 0.357. The van der Waals surface area contributed by atoms with E-state index in [9.17, 15) is 0 Å². The van der Waals surface area contributed by atoms with Crippen LogP contribution < -0.4 is 11.1 Å². The highest BCUT2D eigenvalue weighted by molar-refractivity contribution is 5.56. The molecule has 2 aromatic rings. The Morgan fingerprint density at radius 2 is 1.89 bits per heavy atom. The van der Waals surface area contributed by atoms with E-state index < -0.39 is 0 Å². The summed E-state index contributed by atoms with van der Waals surface area (Å²) in [6.07, 6.45) is 6.15. The third-order valence-corrected chi connectivity index (χ3v) is 2.66. The molecule has 19 heavy (non-hydrogen) atoms. The number of nitrogens with two attached hydrogens (primary N) is 1. The summed E-state index contributed by atoms with van der Waals surface area (Å²) in [4.78, 5) is 12.8. The summed E-state index contributed by atoms with van der Waals surface area (Å²) in [5, 5.41) is 3.16. The molecular weight excluding hydrogens is 238 g/mol. The van der Waals surface area contributed by atoms with Gasteiger partial charge >= 0.3 is 0 Å². The average Bonchev–Trinajstić information content (AvgIpc) is 2.39. The van der Waals surface area contributed by atoms with Crippen LogP contribution >= 0.6 is 0 Å². The van der Waals surface area contributed by atoms with E-state index in [2.05, 4.69) is 20.3 Å². The van der Waals surface area contributed by atoms with Gasteiger partial charge in [-0.1, -0.05) is 6.07 Å². The molecule has 5 nitrogen and oxygen atoms in total. The average molecular weight is 257 g/mol. The van der Waals surface area contributed by atoms with E-state index in [1.54, 1.807) is 18.6 Å². The van der Waals surface area contributed by atoms with Crippen LogP contribution in [0.2, 0.25) is 0 Å². The number of nitrogens with one attached hydrogen (secondary N) is 1. The van der Waals surface area contributed by atoms with Crippen molar-refractivity contribution in [2.24, 2.45) is 5.73 Å². The molecule has 0 aliphatic rings. The molecule has 2 aromatic heterocycles. The van der Waals surface area contributed by atoms with Gasteiger partial charge in [-0.3, -0.25) is 4.98 Å². The van der Waals surface area contributed by atoms with Crippen LogP contribution in [0.1, 0.15) is 20.3 Å². The molecule has 0 fully saturated rings. The van der Waals surface area contributed by atoms with Crippen molar-refractivity contribution < 1.29 is 0 Å². The SMILES string of the molecule is CC(C)(N)CCNc1ncc(-c2ccccn2)cn1. The van der Waals surface area contributed by atoms with Gasteiger partial charge in [0.25, 0.3) is 0 Å². The van der Waals surface area contributed by atoms with Gasteiger partial charge in [0, 0.05) is 36.2 Å². The van der Waals surface area contributed by atoms with Gasteiger partial charge in [-0.2, -0.15) is 0 Å². The second kappa shape index (κ2) is 5.75. The van der Waals surface area contributed by atoms with Crippen molar-refractivity contribution in [3.63, 3.8) is 0 Å². The van der Waals surface area contributed by atoms with Gasteiger partial charge in [0.05, 0.1) is 5.69 Å². The van der Waals surface area contributed by atoms with Gasteiger partial charge in [0.2, 0.25) is 5.95 Å². The quantitative estimate of drug-likeness (QED) is 0.857. The molecule has 2 rings (SSSR count). The Morgan fingerprint density at radius 3 is 2.47 bits per heavy atom. The maximum Gasteiger partial charge on any atom is 0.222 e. The predicted octanol–water partition coefficient (Wildman–Crippen LogP) is 2.08. The Balaban J connectivity index is 1.96. The maximum atomic E-state index is 5.91. The third-order valence-electron chi connectivity index (χ3n) is 2.66. The monoisotopic (exact) mass is 257 g/mol. The highest BCUT2D eigenvalue weighted by Crippen LogP contribution is 2.14. The number of hydrogen-bond acceptors (Lipinski definition) is 5.